The largest absolute Gasteiger partial charge is 0.388 e. The second kappa shape index (κ2) is 3.46. The molecule has 1 amide bonds. The van der Waals surface area contributed by atoms with E-state index in [4.69, 9.17) is 0 Å². The molecular weight excluding hydrogens is 202 g/mol. The van der Waals surface area contributed by atoms with Gasteiger partial charge in [0.1, 0.15) is 0 Å². The van der Waals surface area contributed by atoms with Gasteiger partial charge in [-0.25, -0.2) is 0 Å². The normalized spacial score (nSPS) is 33.4. The third-order valence-electron chi connectivity index (χ3n) is 4.67. The van der Waals surface area contributed by atoms with Gasteiger partial charge in [0, 0.05) is 5.92 Å². The van der Waals surface area contributed by atoms with Gasteiger partial charge in [-0.3, -0.25) is 4.79 Å². The predicted molar refractivity (Wildman–Crippen MR) is 62.8 cm³/mol. The van der Waals surface area contributed by atoms with Gasteiger partial charge in [0.2, 0.25) is 5.91 Å². The number of nitrogens with one attached hydrogen (secondary N) is 1. The van der Waals surface area contributed by atoms with Gasteiger partial charge in [-0.05, 0) is 52.4 Å². The molecule has 2 atom stereocenters. The van der Waals surface area contributed by atoms with E-state index >= 15 is 0 Å². The molecule has 0 aromatic rings. The van der Waals surface area contributed by atoms with Crippen molar-refractivity contribution >= 4 is 5.91 Å². The number of amides is 1. The molecular formula is C13H23NO2. The highest BCUT2D eigenvalue weighted by Crippen LogP contribution is 2.57. The molecule has 3 nitrogen and oxygen atoms in total. The molecule has 92 valence electrons. The molecule has 2 N–H and O–H groups in total. The van der Waals surface area contributed by atoms with Crippen LogP contribution in [0.25, 0.3) is 0 Å². The summed E-state index contributed by atoms with van der Waals surface area (Å²) in [7, 11) is 0. The molecule has 2 unspecified atom stereocenters. The predicted octanol–water partition coefficient (Wildman–Crippen LogP) is 1.70. The lowest BCUT2D eigenvalue weighted by Gasteiger charge is -2.38. The van der Waals surface area contributed by atoms with E-state index in [9.17, 15) is 9.90 Å². The quantitative estimate of drug-likeness (QED) is 0.768. The Morgan fingerprint density at radius 3 is 2.12 bits per heavy atom. The molecule has 2 fully saturated rings. The smallest absolute Gasteiger partial charge is 0.224 e. The molecule has 0 radical (unpaired) electrons. The molecule has 0 aliphatic heterocycles. The minimum absolute atomic E-state index is 0.141. The van der Waals surface area contributed by atoms with Gasteiger partial charge in [0.05, 0.1) is 11.1 Å². The van der Waals surface area contributed by atoms with Crippen LogP contribution in [0.1, 0.15) is 47.0 Å². The number of carbonyl (C=O) groups excluding carboxylic acids is 1. The first-order valence-corrected chi connectivity index (χ1v) is 6.28. The van der Waals surface area contributed by atoms with Crippen LogP contribution in [-0.2, 0) is 4.79 Å². The van der Waals surface area contributed by atoms with Gasteiger partial charge in [0.15, 0.2) is 0 Å². The number of carbonyl (C=O) groups is 1. The summed E-state index contributed by atoms with van der Waals surface area (Å²) in [6, 6.07) is 0. The maximum absolute atomic E-state index is 12.1. The van der Waals surface area contributed by atoms with E-state index < -0.39 is 11.1 Å². The van der Waals surface area contributed by atoms with Crippen molar-refractivity contribution in [1.29, 1.82) is 0 Å². The second-order valence-corrected chi connectivity index (χ2v) is 6.46. The van der Waals surface area contributed by atoms with Crippen LogP contribution in [0.15, 0.2) is 0 Å². The van der Waals surface area contributed by atoms with Crippen molar-refractivity contribution in [3.05, 3.63) is 0 Å². The molecule has 16 heavy (non-hydrogen) atoms. The summed E-state index contributed by atoms with van der Waals surface area (Å²) >= 11 is 0. The molecule has 0 spiro atoms. The first-order chi connectivity index (χ1) is 7.24. The van der Waals surface area contributed by atoms with Crippen LogP contribution < -0.4 is 5.32 Å². The molecule has 2 aliphatic rings. The van der Waals surface area contributed by atoms with Crippen molar-refractivity contribution in [3.8, 4) is 0 Å². The Balaban J connectivity index is 1.93. The van der Waals surface area contributed by atoms with Gasteiger partial charge in [-0.1, -0.05) is 6.42 Å². The fourth-order valence-electron chi connectivity index (χ4n) is 2.75. The van der Waals surface area contributed by atoms with E-state index in [0.29, 0.717) is 11.8 Å². The summed E-state index contributed by atoms with van der Waals surface area (Å²) in [6.45, 7) is 7.23. The van der Waals surface area contributed by atoms with Gasteiger partial charge in [0.25, 0.3) is 0 Å². The fraction of sp³-hybridized carbons (Fsp3) is 0.923. The van der Waals surface area contributed by atoms with Crippen molar-refractivity contribution in [3.63, 3.8) is 0 Å². The molecule has 0 bridgehead atoms. The monoisotopic (exact) mass is 225 g/mol. The van der Waals surface area contributed by atoms with Crippen LogP contribution in [0.4, 0.5) is 0 Å². The number of aliphatic hydroxyl groups is 1. The lowest BCUT2D eigenvalue weighted by Crippen LogP contribution is -2.58. The summed E-state index contributed by atoms with van der Waals surface area (Å²) in [6.07, 6.45) is 3.71. The SMILES string of the molecule is CC(C)(O)C(C)(C)NC(=O)C1C2CCCC21. The Labute approximate surface area is 97.6 Å². The molecule has 0 aromatic heterocycles. The van der Waals surface area contributed by atoms with E-state index in [1.165, 1.54) is 19.3 Å². The summed E-state index contributed by atoms with van der Waals surface area (Å²) in [5, 5.41) is 13.0. The lowest BCUT2D eigenvalue weighted by molar-refractivity contribution is -0.128. The Hall–Kier alpha value is -0.570. The second-order valence-electron chi connectivity index (χ2n) is 6.46. The average molecular weight is 225 g/mol. The van der Waals surface area contributed by atoms with Crippen molar-refractivity contribution in [2.45, 2.75) is 58.1 Å². The van der Waals surface area contributed by atoms with Crippen LogP contribution >= 0.6 is 0 Å². The first kappa shape index (κ1) is 11.9. The summed E-state index contributed by atoms with van der Waals surface area (Å²) < 4.78 is 0. The van der Waals surface area contributed by atoms with E-state index in [1.54, 1.807) is 13.8 Å². The van der Waals surface area contributed by atoms with Crippen LogP contribution in [0.5, 0.6) is 0 Å². The fourth-order valence-corrected chi connectivity index (χ4v) is 2.75. The number of rotatable bonds is 3. The average Bonchev–Trinajstić information content (AvgIpc) is 2.59. The summed E-state index contributed by atoms with van der Waals surface area (Å²) in [5.74, 6) is 1.65. The topological polar surface area (TPSA) is 49.3 Å². The van der Waals surface area contributed by atoms with E-state index in [0.717, 1.165) is 0 Å². The van der Waals surface area contributed by atoms with E-state index in [-0.39, 0.29) is 11.8 Å². The van der Waals surface area contributed by atoms with Crippen LogP contribution in [0.3, 0.4) is 0 Å². The van der Waals surface area contributed by atoms with Crippen LogP contribution in [0, 0.1) is 17.8 Å². The Morgan fingerprint density at radius 1 is 1.19 bits per heavy atom. The highest BCUT2D eigenvalue weighted by molar-refractivity contribution is 5.83. The van der Waals surface area contributed by atoms with Crippen molar-refractivity contribution < 1.29 is 9.90 Å². The Morgan fingerprint density at radius 2 is 1.69 bits per heavy atom. The van der Waals surface area contributed by atoms with Gasteiger partial charge in [-0.2, -0.15) is 0 Å². The maximum atomic E-state index is 12.1. The highest BCUT2D eigenvalue weighted by Gasteiger charge is 2.57. The van der Waals surface area contributed by atoms with Gasteiger partial charge in [-0.15, -0.1) is 0 Å². The van der Waals surface area contributed by atoms with Crippen LogP contribution in [0.2, 0.25) is 0 Å². The third-order valence-corrected chi connectivity index (χ3v) is 4.67. The van der Waals surface area contributed by atoms with Crippen molar-refractivity contribution in [1.82, 2.24) is 5.32 Å². The zero-order valence-corrected chi connectivity index (χ0v) is 10.7. The summed E-state index contributed by atoms with van der Waals surface area (Å²) in [4.78, 5) is 12.1. The molecule has 0 aromatic carbocycles. The number of fused-ring (bicyclic) bond motifs is 1. The van der Waals surface area contributed by atoms with Crippen molar-refractivity contribution in [2.24, 2.45) is 17.8 Å². The number of hydrogen-bond acceptors (Lipinski definition) is 2. The molecule has 2 aliphatic carbocycles. The zero-order valence-electron chi connectivity index (χ0n) is 10.7. The maximum Gasteiger partial charge on any atom is 0.224 e. The standard InChI is InChI=1S/C13H23NO2/c1-12(2,13(3,4)16)14-11(15)10-8-6-5-7-9(8)10/h8-10,16H,5-7H2,1-4H3,(H,14,15). The van der Waals surface area contributed by atoms with E-state index in [1.807, 2.05) is 13.8 Å². The zero-order chi connectivity index (χ0) is 12.1. The number of hydrogen-bond donors (Lipinski definition) is 2. The molecule has 0 saturated heterocycles. The third kappa shape index (κ3) is 1.86. The van der Waals surface area contributed by atoms with E-state index in [2.05, 4.69) is 5.32 Å². The molecule has 2 saturated carbocycles. The lowest BCUT2D eigenvalue weighted by atomic mass is 9.85. The first-order valence-electron chi connectivity index (χ1n) is 6.28. The minimum atomic E-state index is -0.896. The van der Waals surface area contributed by atoms with Crippen molar-refractivity contribution in [2.75, 3.05) is 0 Å². The Bertz CT molecular complexity index is 294. The molecule has 0 heterocycles. The minimum Gasteiger partial charge on any atom is -0.388 e. The Kier molecular flexibility index (Phi) is 2.57. The van der Waals surface area contributed by atoms with Crippen LogP contribution in [-0.4, -0.2) is 22.2 Å². The molecule has 2 rings (SSSR count). The van der Waals surface area contributed by atoms with Gasteiger partial charge >= 0.3 is 0 Å². The molecule has 3 heteroatoms. The van der Waals surface area contributed by atoms with Gasteiger partial charge < -0.3 is 10.4 Å². The highest BCUT2D eigenvalue weighted by atomic mass is 16.3. The summed E-state index contributed by atoms with van der Waals surface area (Å²) in [5.41, 5.74) is -1.46.